The first-order chi connectivity index (χ1) is 5.61. The van der Waals surface area contributed by atoms with Crippen LogP contribution in [0.5, 0.6) is 0 Å². The maximum Gasteiger partial charge on any atom is 0.0113 e. The predicted octanol–water partition coefficient (Wildman–Crippen LogP) is 2.26. The lowest BCUT2D eigenvalue weighted by atomic mass is 10.2. The molecule has 88 valence electrons. The molecule has 14 heavy (non-hydrogen) atoms. The number of piperazine rings is 1. The molecular formula is C10H24Cl2N2. The van der Waals surface area contributed by atoms with Crippen LogP contribution in [0.2, 0.25) is 0 Å². The molecule has 1 rings (SSSR count). The van der Waals surface area contributed by atoms with E-state index in [9.17, 15) is 0 Å². The highest BCUT2D eigenvalue weighted by Gasteiger charge is 2.19. The maximum absolute atomic E-state index is 2.55. The van der Waals surface area contributed by atoms with Crippen LogP contribution in [-0.2, 0) is 0 Å². The van der Waals surface area contributed by atoms with Crippen molar-refractivity contribution in [3.8, 4) is 0 Å². The molecule has 0 aromatic carbocycles. The van der Waals surface area contributed by atoms with Gasteiger partial charge in [-0.05, 0) is 27.7 Å². The van der Waals surface area contributed by atoms with Crippen molar-refractivity contribution < 1.29 is 0 Å². The zero-order valence-corrected chi connectivity index (χ0v) is 11.3. The highest BCUT2D eigenvalue weighted by molar-refractivity contribution is 5.85. The molecule has 0 aromatic heterocycles. The van der Waals surface area contributed by atoms with Crippen LogP contribution in [0.1, 0.15) is 27.7 Å². The third kappa shape index (κ3) is 4.83. The zero-order chi connectivity index (χ0) is 9.14. The fraction of sp³-hybridized carbons (Fsp3) is 1.00. The van der Waals surface area contributed by atoms with Gasteiger partial charge >= 0.3 is 0 Å². The van der Waals surface area contributed by atoms with E-state index in [2.05, 4.69) is 37.5 Å². The van der Waals surface area contributed by atoms with E-state index >= 15 is 0 Å². The molecule has 2 nitrogen and oxygen atoms in total. The van der Waals surface area contributed by atoms with Gasteiger partial charge in [0.15, 0.2) is 0 Å². The van der Waals surface area contributed by atoms with Crippen molar-refractivity contribution in [1.82, 2.24) is 9.80 Å². The van der Waals surface area contributed by atoms with Gasteiger partial charge in [-0.3, -0.25) is 9.80 Å². The molecule has 0 aliphatic carbocycles. The van der Waals surface area contributed by atoms with Crippen molar-refractivity contribution in [2.24, 2.45) is 0 Å². The van der Waals surface area contributed by atoms with Crippen LogP contribution < -0.4 is 0 Å². The number of nitrogens with zero attached hydrogens (tertiary/aromatic N) is 2. The molecule has 1 saturated heterocycles. The summed E-state index contributed by atoms with van der Waals surface area (Å²) in [5.41, 5.74) is 0. The van der Waals surface area contributed by atoms with Gasteiger partial charge in [0.1, 0.15) is 0 Å². The Morgan fingerprint density at radius 2 is 0.857 bits per heavy atom. The Bertz CT molecular complexity index is 116. The number of hydrogen-bond acceptors (Lipinski definition) is 2. The Labute approximate surface area is 101 Å². The number of hydrogen-bond donors (Lipinski definition) is 0. The van der Waals surface area contributed by atoms with E-state index in [0.29, 0.717) is 0 Å². The molecule has 0 unspecified atom stereocenters. The summed E-state index contributed by atoms with van der Waals surface area (Å²) in [5, 5.41) is 0. The molecular weight excluding hydrogens is 219 g/mol. The van der Waals surface area contributed by atoms with E-state index in [4.69, 9.17) is 0 Å². The maximum atomic E-state index is 2.55. The van der Waals surface area contributed by atoms with E-state index in [1.54, 1.807) is 0 Å². The summed E-state index contributed by atoms with van der Waals surface area (Å²) in [7, 11) is 0. The van der Waals surface area contributed by atoms with Crippen LogP contribution in [0.3, 0.4) is 0 Å². The Hall–Kier alpha value is 0.500. The first-order valence-corrected chi connectivity index (χ1v) is 5.09. The Morgan fingerprint density at radius 3 is 1.00 bits per heavy atom. The molecule has 0 bridgehead atoms. The normalized spacial score (nSPS) is 19.3. The summed E-state index contributed by atoms with van der Waals surface area (Å²) < 4.78 is 0. The van der Waals surface area contributed by atoms with Gasteiger partial charge in [-0.15, -0.1) is 24.8 Å². The average Bonchev–Trinajstić information content (AvgIpc) is 2.04. The first-order valence-electron chi connectivity index (χ1n) is 5.09. The Kier molecular flexibility index (Phi) is 9.36. The van der Waals surface area contributed by atoms with Gasteiger partial charge in [0.2, 0.25) is 0 Å². The molecule has 0 atom stereocenters. The second kappa shape index (κ2) is 7.75. The summed E-state index contributed by atoms with van der Waals surface area (Å²) in [5.74, 6) is 0. The van der Waals surface area contributed by atoms with Gasteiger partial charge in [0.25, 0.3) is 0 Å². The van der Waals surface area contributed by atoms with Gasteiger partial charge < -0.3 is 0 Å². The van der Waals surface area contributed by atoms with Crippen LogP contribution in [0.15, 0.2) is 0 Å². The largest absolute Gasteiger partial charge is 0.298 e. The average molecular weight is 243 g/mol. The van der Waals surface area contributed by atoms with Gasteiger partial charge in [-0.2, -0.15) is 0 Å². The summed E-state index contributed by atoms with van der Waals surface area (Å²) in [4.78, 5) is 5.11. The third-order valence-corrected chi connectivity index (χ3v) is 2.81. The highest BCUT2D eigenvalue weighted by Crippen LogP contribution is 2.07. The minimum atomic E-state index is 0. The number of halogens is 2. The molecule has 1 fully saturated rings. The van der Waals surface area contributed by atoms with Gasteiger partial charge in [-0.25, -0.2) is 0 Å². The van der Waals surface area contributed by atoms with E-state index in [-0.39, 0.29) is 24.8 Å². The van der Waals surface area contributed by atoms with Crippen LogP contribution in [0, 0.1) is 0 Å². The van der Waals surface area contributed by atoms with Crippen molar-refractivity contribution in [2.75, 3.05) is 26.2 Å². The molecule has 1 aliphatic heterocycles. The molecule has 0 radical (unpaired) electrons. The minimum Gasteiger partial charge on any atom is -0.298 e. The molecule has 0 aromatic rings. The van der Waals surface area contributed by atoms with E-state index < -0.39 is 0 Å². The lowest BCUT2D eigenvalue weighted by Crippen LogP contribution is -2.50. The molecule has 0 saturated carbocycles. The molecule has 1 aliphatic rings. The summed E-state index contributed by atoms with van der Waals surface area (Å²) in [6, 6.07) is 1.44. The van der Waals surface area contributed by atoms with Gasteiger partial charge in [-0.1, -0.05) is 0 Å². The van der Waals surface area contributed by atoms with Gasteiger partial charge in [0, 0.05) is 38.3 Å². The van der Waals surface area contributed by atoms with E-state index in [0.717, 1.165) is 12.1 Å². The Balaban J connectivity index is 0. The predicted molar refractivity (Wildman–Crippen MR) is 67.9 cm³/mol. The van der Waals surface area contributed by atoms with Crippen molar-refractivity contribution in [2.45, 2.75) is 39.8 Å². The summed E-state index contributed by atoms with van der Waals surface area (Å²) >= 11 is 0. The monoisotopic (exact) mass is 242 g/mol. The molecule has 4 heteroatoms. The smallest absolute Gasteiger partial charge is 0.0113 e. The van der Waals surface area contributed by atoms with Crippen LogP contribution in [-0.4, -0.2) is 48.1 Å². The topological polar surface area (TPSA) is 6.48 Å². The quantitative estimate of drug-likeness (QED) is 0.734. The van der Waals surface area contributed by atoms with Crippen molar-refractivity contribution in [1.29, 1.82) is 0 Å². The fourth-order valence-electron chi connectivity index (χ4n) is 1.77. The summed E-state index contributed by atoms with van der Waals surface area (Å²) in [6.07, 6.45) is 0. The molecule has 0 spiro atoms. The third-order valence-electron chi connectivity index (χ3n) is 2.81. The van der Waals surface area contributed by atoms with Gasteiger partial charge in [0.05, 0.1) is 0 Å². The summed E-state index contributed by atoms with van der Waals surface area (Å²) in [6.45, 7) is 14.1. The SMILES string of the molecule is CC(C)N1CCN(C(C)C)CC1.Cl.Cl. The second-order valence-corrected chi connectivity index (χ2v) is 4.26. The van der Waals surface area contributed by atoms with Crippen molar-refractivity contribution >= 4 is 24.8 Å². The van der Waals surface area contributed by atoms with Crippen LogP contribution in [0.25, 0.3) is 0 Å². The van der Waals surface area contributed by atoms with Crippen molar-refractivity contribution in [3.63, 3.8) is 0 Å². The first kappa shape index (κ1) is 16.9. The highest BCUT2D eigenvalue weighted by atomic mass is 35.5. The molecule has 1 heterocycles. The Morgan fingerprint density at radius 1 is 0.643 bits per heavy atom. The standard InChI is InChI=1S/C10H22N2.2ClH/c1-9(2)11-5-7-12(8-6-11)10(3)4;;/h9-10H,5-8H2,1-4H3;2*1H. The number of rotatable bonds is 2. The van der Waals surface area contributed by atoms with E-state index in [1.807, 2.05) is 0 Å². The fourth-order valence-corrected chi connectivity index (χ4v) is 1.77. The zero-order valence-electron chi connectivity index (χ0n) is 9.69. The molecule has 0 N–H and O–H groups in total. The minimum absolute atomic E-state index is 0. The molecule has 0 amide bonds. The second-order valence-electron chi connectivity index (χ2n) is 4.26. The van der Waals surface area contributed by atoms with Crippen LogP contribution >= 0.6 is 24.8 Å². The van der Waals surface area contributed by atoms with Crippen molar-refractivity contribution in [3.05, 3.63) is 0 Å². The van der Waals surface area contributed by atoms with E-state index in [1.165, 1.54) is 26.2 Å². The lowest BCUT2D eigenvalue weighted by molar-refractivity contribution is 0.0887. The lowest BCUT2D eigenvalue weighted by Gasteiger charge is -2.38. The van der Waals surface area contributed by atoms with Crippen LogP contribution in [0.4, 0.5) is 0 Å².